The second kappa shape index (κ2) is 7.38. The molecule has 0 aliphatic heterocycles. The third-order valence-corrected chi connectivity index (χ3v) is 2.27. The molecular weight excluding hydrogens is 248 g/mol. The van der Waals surface area contributed by atoms with Crippen LogP contribution in [0.5, 0.6) is 5.75 Å². The molecule has 1 atom stereocenters. The van der Waals surface area contributed by atoms with Crippen LogP contribution in [0.4, 0.5) is 5.69 Å². The number of benzene rings is 1. The molecule has 1 rings (SSSR count). The highest BCUT2D eigenvalue weighted by atomic mass is 16.5. The fraction of sp³-hybridized carbons (Fsp3) is 0.385. The summed E-state index contributed by atoms with van der Waals surface area (Å²) in [6.45, 7) is 4.13. The zero-order chi connectivity index (χ0) is 14.3. The summed E-state index contributed by atoms with van der Waals surface area (Å²) in [5, 5.41) is 2.54. The Morgan fingerprint density at radius 1 is 1.26 bits per heavy atom. The number of anilines is 1. The number of nitrogens with one attached hydrogen (secondary N) is 1. The van der Waals surface area contributed by atoms with Crippen molar-refractivity contribution in [1.82, 2.24) is 0 Å². The first kappa shape index (κ1) is 15.0. The summed E-state index contributed by atoms with van der Waals surface area (Å²) in [6.07, 6.45) is 0. The largest absolute Gasteiger partial charge is 0.492 e. The van der Waals surface area contributed by atoms with Gasteiger partial charge in [0, 0.05) is 0 Å². The van der Waals surface area contributed by atoms with E-state index in [2.05, 4.69) is 10.1 Å². The summed E-state index contributed by atoms with van der Waals surface area (Å²) in [5.41, 5.74) is 5.96. The van der Waals surface area contributed by atoms with Gasteiger partial charge in [-0.25, -0.2) is 4.79 Å². The maximum atomic E-state index is 11.8. The van der Waals surface area contributed by atoms with E-state index in [4.69, 9.17) is 10.5 Å². The molecule has 0 aliphatic carbocycles. The number of para-hydroxylation sites is 2. The van der Waals surface area contributed by atoms with E-state index in [1.807, 2.05) is 6.92 Å². The van der Waals surface area contributed by atoms with E-state index in [0.29, 0.717) is 18.0 Å². The average Bonchev–Trinajstić information content (AvgIpc) is 2.40. The monoisotopic (exact) mass is 266 g/mol. The summed E-state index contributed by atoms with van der Waals surface area (Å²) in [5.74, 6) is -0.867. The van der Waals surface area contributed by atoms with Gasteiger partial charge in [0.05, 0.1) is 18.9 Å². The Hall–Kier alpha value is -2.08. The zero-order valence-electron chi connectivity index (χ0n) is 11.0. The molecule has 0 bridgehead atoms. The molecule has 0 radical (unpaired) electrons. The lowest BCUT2D eigenvalue weighted by molar-refractivity contribution is -0.146. The van der Waals surface area contributed by atoms with Crippen molar-refractivity contribution in [3.05, 3.63) is 24.3 Å². The Balaban J connectivity index is 2.73. The predicted octanol–water partition coefficient (Wildman–Crippen LogP) is 0.914. The second-order valence-corrected chi connectivity index (χ2v) is 3.65. The van der Waals surface area contributed by atoms with E-state index in [-0.39, 0.29) is 6.61 Å². The number of carbonyl (C=O) groups excluding carboxylic acids is 2. The molecule has 1 unspecified atom stereocenters. The molecule has 104 valence electrons. The predicted molar refractivity (Wildman–Crippen MR) is 70.8 cm³/mol. The highest BCUT2D eigenvalue weighted by Crippen LogP contribution is 2.23. The van der Waals surface area contributed by atoms with Gasteiger partial charge < -0.3 is 20.5 Å². The number of esters is 1. The van der Waals surface area contributed by atoms with Crippen LogP contribution < -0.4 is 15.8 Å². The topological polar surface area (TPSA) is 90.7 Å². The number of hydrogen-bond acceptors (Lipinski definition) is 5. The minimum atomic E-state index is -1.35. The third kappa shape index (κ3) is 4.26. The van der Waals surface area contributed by atoms with E-state index < -0.39 is 17.9 Å². The van der Waals surface area contributed by atoms with E-state index in [9.17, 15) is 9.59 Å². The molecule has 3 N–H and O–H groups in total. The molecule has 0 aromatic heterocycles. The minimum Gasteiger partial charge on any atom is -0.492 e. The molecule has 0 saturated heterocycles. The van der Waals surface area contributed by atoms with Crippen LogP contribution in [0.1, 0.15) is 13.8 Å². The molecule has 1 aromatic carbocycles. The van der Waals surface area contributed by atoms with Gasteiger partial charge >= 0.3 is 5.97 Å². The second-order valence-electron chi connectivity index (χ2n) is 3.65. The lowest BCUT2D eigenvalue weighted by Crippen LogP contribution is -2.43. The molecular formula is C13H18N2O4. The van der Waals surface area contributed by atoms with Crippen molar-refractivity contribution < 1.29 is 19.1 Å². The molecule has 1 amide bonds. The molecule has 1 aromatic rings. The van der Waals surface area contributed by atoms with Crippen LogP contribution in [0.15, 0.2) is 24.3 Å². The lowest BCUT2D eigenvalue weighted by Gasteiger charge is -2.14. The smallest absolute Gasteiger partial charge is 0.332 e. The molecule has 6 nitrogen and oxygen atoms in total. The number of carbonyl (C=O) groups is 2. The van der Waals surface area contributed by atoms with Crippen LogP contribution in [0, 0.1) is 0 Å². The highest BCUT2D eigenvalue weighted by molar-refractivity contribution is 6.08. The van der Waals surface area contributed by atoms with Gasteiger partial charge in [-0.15, -0.1) is 0 Å². The number of amides is 1. The molecule has 0 heterocycles. The number of nitrogens with two attached hydrogens (primary N) is 1. The summed E-state index contributed by atoms with van der Waals surface area (Å²) in [6, 6.07) is 5.56. The SMILES string of the molecule is CCOC(=O)C(N)C(=O)Nc1ccccc1OCC. The molecule has 0 spiro atoms. The van der Waals surface area contributed by atoms with Crippen molar-refractivity contribution in [1.29, 1.82) is 0 Å². The van der Waals surface area contributed by atoms with Crippen LogP contribution in [-0.4, -0.2) is 31.1 Å². The molecule has 19 heavy (non-hydrogen) atoms. The standard InChI is InChI=1S/C13H18N2O4/c1-3-18-10-8-6-5-7-9(10)15-12(16)11(14)13(17)19-4-2/h5-8,11H,3-4,14H2,1-2H3,(H,15,16). The zero-order valence-corrected chi connectivity index (χ0v) is 11.0. The van der Waals surface area contributed by atoms with Gasteiger partial charge in [0.1, 0.15) is 5.75 Å². The van der Waals surface area contributed by atoms with Gasteiger partial charge in [-0.05, 0) is 26.0 Å². The quantitative estimate of drug-likeness (QED) is 0.590. The number of hydrogen-bond donors (Lipinski definition) is 2. The van der Waals surface area contributed by atoms with Crippen molar-refractivity contribution in [2.75, 3.05) is 18.5 Å². The Morgan fingerprint density at radius 3 is 2.58 bits per heavy atom. The van der Waals surface area contributed by atoms with E-state index in [0.717, 1.165) is 0 Å². The van der Waals surface area contributed by atoms with Crippen molar-refractivity contribution in [2.45, 2.75) is 19.9 Å². The van der Waals surface area contributed by atoms with Gasteiger partial charge in [0.15, 0.2) is 6.04 Å². The molecule has 0 fully saturated rings. The Bertz CT molecular complexity index is 448. The first-order valence-electron chi connectivity index (χ1n) is 6.05. The normalized spacial score (nSPS) is 11.5. The van der Waals surface area contributed by atoms with E-state index in [1.165, 1.54) is 0 Å². The minimum absolute atomic E-state index is 0.176. The van der Waals surface area contributed by atoms with Crippen LogP contribution in [-0.2, 0) is 14.3 Å². The van der Waals surface area contributed by atoms with Crippen LogP contribution >= 0.6 is 0 Å². The number of ether oxygens (including phenoxy) is 2. The Morgan fingerprint density at radius 2 is 1.95 bits per heavy atom. The maximum absolute atomic E-state index is 11.8. The van der Waals surface area contributed by atoms with Crippen molar-refractivity contribution in [3.63, 3.8) is 0 Å². The third-order valence-electron chi connectivity index (χ3n) is 2.27. The first-order chi connectivity index (χ1) is 9.10. The number of rotatable bonds is 6. The fourth-order valence-corrected chi connectivity index (χ4v) is 1.40. The summed E-state index contributed by atoms with van der Waals surface area (Å²) in [4.78, 5) is 23.1. The summed E-state index contributed by atoms with van der Waals surface area (Å²) < 4.78 is 10.0. The van der Waals surface area contributed by atoms with Gasteiger partial charge in [-0.1, -0.05) is 12.1 Å². The van der Waals surface area contributed by atoms with Crippen LogP contribution in [0.2, 0.25) is 0 Å². The summed E-state index contributed by atoms with van der Waals surface area (Å²) in [7, 11) is 0. The molecule has 6 heteroatoms. The average molecular weight is 266 g/mol. The first-order valence-corrected chi connectivity index (χ1v) is 6.05. The van der Waals surface area contributed by atoms with E-state index >= 15 is 0 Å². The van der Waals surface area contributed by atoms with Gasteiger partial charge in [0.2, 0.25) is 0 Å². The molecule has 0 aliphatic rings. The van der Waals surface area contributed by atoms with Crippen LogP contribution in [0.3, 0.4) is 0 Å². The van der Waals surface area contributed by atoms with Gasteiger partial charge in [-0.3, -0.25) is 4.79 Å². The Kier molecular flexibility index (Phi) is 5.81. The molecule has 0 saturated carbocycles. The Labute approximate surface area is 111 Å². The fourth-order valence-electron chi connectivity index (χ4n) is 1.40. The highest BCUT2D eigenvalue weighted by Gasteiger charge is 2.24. The van der Waals surface area contributed by atoms with Crippen molar-refractivity contribution in [2.24, 2.45) is 5.73 Å². The van der Waals surface area contributed by atoms with Gasteiger partial charge in [-0.2, -0.15) is 0 Å². The lowest BCUT2D eigenvalue weighted by atomic mass is 10.2. The van der Waals surface area contributed by atoms with Crippen molar-refractivity contribution in [3.8, 4) is 5.75 Å². The van der Waals surface area contributed by atoms with Crippen molar-refractivity contribution >= 4 is 17.6 Å². The summed E-state index contributed by atoms with van der Waals surface area (Å²) >= 11 is 0. The van der Waals surface area contributed by atoms with Crippen LogP contribution in [0.25, 0.3) is 0 Å². The maximum Gasteiger partial charge on any atom is 0.332 e. The van der Waals surface area contributed by atoms with Gasteiger partial charge in [0.25, 0.3) is 5.91 Å². The van der Waals surface area contributed by atoms with E-state index in [1.54, 1.807) is 31.2 Å².